The molecule has 2 aliphatic rings. The van der Waals surface area contributed by atoms with Crippen LogP contribution in [0.4, 0.5) is 0 Å². The number of alkyl halides is 1. The van der Waals surface area contributed by atoms with E-state index in [4.69, 9.17) is 0 Å². The average molecular weight is 213 g/mol. The number of carbonyl (C=O) groups excluding carboxylic acids is 1. The van der Waals surface area contributed by atoms with Crippen LogP contribution in [-0.4, -0.2) is 10.6 Å². The molecule has 11 heavy (non-hydrogen) atoms. The number of Topliss-reactive ketones (excluding diaryl/α,β-unsaturated/α-hetero) is 1. The van der Waals surface area contributed by atoms with Crippen molar-refractivity contribution in [3.05, 3.63) is 23.3 Å². The van der Waals surface area contributed by atoms with E-state index in [-0.39, 0.29) is 0 Å². The Morgan fingerprint density at radius 2 is 2.27 bits per heavy atom. The molecular formula is C9H9BrO. The van der Waals surface area contributed by atoms with Gasteiger partial charge in [-0.25, -0.2) is 0 Å². The highest BCUT2D eigenvalue weighted by molar-refractivity contribution is 9.09. The summed E-state index contributed by atoms with van der Waals surface area (Å²) in [5.41, 5.74) is 2.33. The van der Waals surface area contributed by atoms with Gasteiger partial charge in [-0.1, -0.05) is 33.7 Å². The third-order valence-electron chi connectivity index (χ3n) is 2.25. The Hall–Kier alpha value is -0.370. The van der Waals surface area contributed by atoms with Crippen molar-refractivity contribution in [3.63, 3.8) is 0 Å². The minimum atomic E-state index is 0.329. The molecule has 0 N–H and O–H groups in total. The fraction of sp³-hybridized carbons (Fsp3) is 0.444. The minimum Gasteiger partial charge on any atom is -0.294 e. The topological polar surface area (TPSA) is 17.1 Å². The van der Waals surface area contributed by atoms with Crippen molar-refractivity contribution in [1.82, 2.24) is 0 Å². The summed E-state index contributed by atoms with van der Waals surface area (Å²) in [4.78, 5) is 11.6. The molecule has 0 spiro atoms. The highest BCUT2D eigenvalue weighted by Gasteiger charge is 2.24. The second-order valence-corrected chi connectivity index (χ2v) is 4.20. The maximum atomic E-state index is 11.2. The smallest absolute Gasteiger partial charge is 0.163 e. The van der Waals surface area contributed by atoms with Gasteiger partial charge in [-0.3, -0.25) is 4.79 Å². The Bertz CT molecular complexity index is 263. The first-order valence-electron chi connectivity index (χ1n) is 3.85. The van der Waals surface area contributed by atoms with E-state index >= 15 is 0 Å². The molecule has 58 valence electrons. The van der Waals surface area contributed by atoms with Gasteiger partial charge in [0.1, 0.15) is 0 Å². The van der Waals surface area contributed by atoms with Crippen molar-refractivity contribution < 1.29 is 4.79 Å². The highest BCUT2D eigenvalue weighted by atomic mass is 79.9. The lowest BCUT2D eigenvalue weighted by Gasteiger charge is -2.11. The number of hydrogen-bond donors (Lipinski definition) is 0. The molecule has 0 bridgehead atoms. The lowest BCUT2D eigenvalue weighted by molar-refractivity contribution is -0.114. The van der Waals surface area contributed by atoms with Gasteiger partial charge in [-0.05, 0) is 12.8 Å². The summed E-state index contributed by atoms with van der Waals surface area (Å²) >= 11 is 3.51. The maximum absolute atomic E-state index is 11.2. The molecule has 0 saturated heterocycles. The zero-order valence-electron chi connectivity index (χ0n) is 6.14. The minimum absolute atomic E-state index is 0.329. The Morgan fingerprint density at radius 1 is 1.45 bits per heavy atom. The fourth-order valence-corrected chi connectivity index (χ4v) is 2.20. The largest absolute Gasteiger partial charge is 0.294 e. The van der Waals surface area contributed by atoms with E-state index in [1.165, 1.54) is 5.57 Å². The van der Waals surface area contributed by atoms with Crippen LogP contribution in [0.1, 0.15) is 19.3 Å². The number of allylic oxidation sites excluding steroid dienone is 4. The van der Waals surface area contributed by atoms with Gasteiger partial charge >= 0.3 is 0 Å². The molecule has 1 atom stereocenters. The monoisotopic (exact) mass is 212 g/mol. The molecule has 0 radical (unpaired) electrons. The molecule has 0 saturated carbocycles. The third kappa shape index (κ3) is 1.20. The molecule has 0 aromatic rings. The third-order valence-corrected chi connectivity index (χ3v) is 2.88. The van der Waals surface area contributed by atoms with E-state index in [2.05, 4.69) is 22.0 Å². The highest BCUT2D eigenvalue weighted by Crippen LogP contribution is 2.33. The molecule has 0 aliphatic heterocycles. The van der Waals surface area contributed by atoms with Gasteiger partial charge < -0.3 is 0 Å². The summed E-state index contributed by atoms with van der Waals surface area (Å²) in [5.74, 6) is 0.329. The van der Waals surface area contributed by atoms with Crippen LogP contribution >= 0.6 is 15.9 Å². The van der Waals surface area contributed by atoms with Crippen LogP contribution in [0.2, 0.25) is 0 Å². The van der Waals surface area contributed by atoms with Crippen LogP contribution in [-0.2, 0) is 4.79 Å². The van der Waals surface area contributed by atoms with Gasteiger partial charge in [0.15, 0.2) is 5.78 Å². The van der Waals surface area contributed by atoms with E-state index in [0.29, 0.717) is 10.6 Å². The van der Waals surface area contributed by atoms with Crippen molar-refractivity contribution >= 4 is 21.7 Å². The van der Waals surface area contributed by atoms with E-state index in [9.17, 15) is 4.79 Å². The van der Waals surface area contributed by atoms with Crippen LogP contribution in [0.15, 0.2) is 23.3 Å². The zero-order chi connectivity index (χ0) is 7.84. The van der Waals surface area contributed by atoms with Gasteiger partial charge in [0.25, 0.3) is 0 Å². The van der Waals surface area contributed by atoms with Gasteiger partial charge in [0.2, 0.25) is 0 Å². The normalized spacial score (nSPS) is 29.5. The predicted octanol–water partition coefficient (Wildman–Crippen LogP) is 2.37. The molecular weight excluding hydrogens is 204 g/mol. The van der Waals surface area contributed by atoms with Crippen LogP contribution in [0.5, 0.6) is 0 Å². The maximum Gasteiger partial charge on any atom is 0.163 e. The average Bonchev–Trinajstić information content (AvgIpc) is 2.32. The molecule has 0 fully saturated rings. The number of hydrogen-bond acceptors (Lipinski definition) is 1. The molecule has 2 rings (SSSR count). The second-order valence-electron chi connectivity index (χ2n) is 3.02. The molecule has 0 aromatic carbocycles. The number of ketones is 1. The fourth-order valence-electron chi connectivity index (χ4n) is 1.66. The van der Waals surface area contributed by atoms with Gasteiger partial charge in [0, 0.05) is 16.8 Å². The van der Waals surface area contributed by atoms with Gasteiger partial charge in [-0.15, -0.1) is 0 Å². The summed E-state index contributed by atoms with van der Waals surface area (Å²) in [6.45, 7) is 0. The van der Waals surface area contributed by atoms with Crippen LogP contribution in [0.3, 0.4) is 0 Å². The van der Waals surface area contributed by atoms with E-state index in [1.54, 1.807) is 0 Å². The van der Waals surface area contributed by atoms with Crippen molar-refractivity contribution in [2.45, 2.75) is 24.1 Å². The first-order valence-corrected chi connectivity index (χ1v) is 4.76. The van der Waals surface area contributed by atoms with E-state index in [0.717, 1.165) is 24.8 Å². The molecule has 1 unspecified atom stereocenters. The molecule has 1 nitrogen and oxygen atoms in total. The number of carbonyl (C=O) groups is 1. The molecule has 2 heteroatoms. The summed E-state index contributed by atoms with van der Waals surface area (Å²) in [5, 5.41) is 0. The Labute approximate surface area is 74.3 Å². The van der Waals surface area contributed by atoms with Crippen LogP contribution < -0.4 is 0 Å². The quantitative estimate of drug-likeness (QED) is 0.564. The molecule has 0 aromatic heterocycles. The Kier molecular flexibility index (Phi) is 1.72. The molecule has 0 amide bonds. The summed E-state index contributed by atoms with van der Waals surface area (Å²) < 4.78 is 0. The summed E-state index contributed by atoms with van der Waals surface area (Å²) in [6, 6.07) is 0. The first kappa shape index (κ1) is 7.29. The van der Waals surface area contributed by atoms with E-state index in [1.807, 2.05) is 6.08 Å². The standard InChI is InChI=1S/C9H9BrO/c10-7-2-3-8-6(5-7)1-4-9(8)11/h2-3,7H,1,4-5H2. The molecule has 0 heterocycles. The zero-order valence-corrected chi connectivity index (χ0v) is 7.73. The SMILES string of the molecule is O=C1CCC2=C1C=CC(Br)C2. The van der Waals surface area contributed by atoms with Crippen LogP contribution in [0, 0.1) is 0 Å². The Balaban J connectivity index is 2.32. The second kappa shape index (κ2) is 2.59. The Morgan fingerprint density at radius 3 is 3.09 bits per heavy atom. The predicted molar refractivity (Wildman–Crippen MR) is 47.7 cm³/mol. The van der Waals surface area contributed by atoms with Crippen molar-refractivity contribution in [2.75, 3.05) is 0 Å². The van der Waals surface area contributed by atoms with E-state index < -0.39 is 0 Å². The summed E-state index contributed by atoms with van der Waals surface area (Å²) in [7, 11) is 0. The van der Waals surface area contributed by atoms with Gasteiger partial charge in [-0.2, -0.15) is 0 Å². The molecule has 2 aliphatic carbocycles. The first-order chi connectivity index (χ1) is 5.27. The lowest BCUT2D eigenvalue weighted by atomic mass is 10.0. The van der Waals surface area contributed by atoms with Crippen molar-refractivity contribution in [3.8, 4) is 0 Å². The lowest BCUT2D eigenvalue weighted by Crippen LogP contribution is -2.02. The number of halogens is 1. The van der Waals surface area contributed by atoms with Crippen molar-refractivity contribution in [1.29, 1.82) is 0 Å². The van der Waals surface area contributed by atoms with Crippen molar-refractivity contribution in [2.24, 2.45) is 0 Å². The van der Waals surface area contributed by atoms with Gasteiger partial charge in [0.05, 0.1) is 0 Å². The summed E-state index contributed by atoms with van der Waals surface area (Å²) in [6.07, 6.45) is 6.77. The number of rotatable bonds is 0. The van der Waals surface area contributed by atoms with Crippen LogP contribution in [0.25, 0.3) is 0 Å².